The van der Waals surface area contributed by atoms with Crippen LogP contribution in [0.5, 0.6) is 0 Å². The van der Waals surface area contributed by atoms with Crippen molar-refractivity contribution in [1.29, 1.82) is 0 Å². The van der Waals surface area contributed by atoms with Crippen LogP contribution in [0.25, 0.3) is 11.3 Å². The molecule has 1 saturated heterocycles. The van der Waals surface area contributed by atoms with Crippen molar-refractivity contribution >= 4 is 10.0 Å². The Morgan fingerprint density at radius 2 is 1.94 bits per heavy atom. The fourth-order valence-electron chi connectivity index (χ4n) is 4.04. The van der Waals surface area contributed by atoms with Gasteiger partial charge in [-0.25, -0.2) is 17.5 Å². The van der Waals surface area contributed by atoms with E-state index in [1.165, 1.54) is 12.1 Å². The maximum atomic E-state index is 13.1. The minimum atomic E-state index is -3.72. The zero-order valence-corrected chi connectivity index (χ0v) is 19.1. The molecule has 176 valence electrons. The van der Waals surface area contributed by atoms with Gasteiger partial charge < -0.3 is 9.84 Å². The van der Waals surface area contributed by atoms with Crippen molar-refractivity contribution in [3.8, 4) is 11.3 Å². The molecule has 1 aliphatic heterocycles. The lowest BCUT2D eigenvalue weighted by Gasteiger charge is -2.36. The lowest BCUT2D eigenvalue weighted by atomic mass is 9.98. The molecule has 0 radical (unpaired) electrons. The van der Waals surface area contributed by atoms with Gasteiger partial charge in [0.25, 0.3) is 0 Å². The predicted molar refractivity (Wildman–Crippen MR) is 120 cm³/mol. The molecule has 3 aromatic rings. The van der Waals surface area contributed by atoms with Gasteiger partial charge >= 0.3 is 0 Å². The van der Waals surface area contributed by atoms with E-state index in [2.05, 4.69) is 15.0 Å². The highest BCUT2D eigenvalue weighted by Crippen LogP contribution is 2.25. The quantitative estimate of drug-likeness (QED) is 0.520. The van der Waals surface area contributed by atoms with Crippen molar-refractivity contribution in [2.45, 2.75) is 55.9 Å². The van der Waals surface area contributed by atoms with E-state index in [1.54, 1.807) is 54.2 Å². The van der Waals surface area contributed by atoms with Gasteiger partial charge in [0, 0.05) is 12.1 Å². The number of rotatable bonds is 8. The molecule has 0 bridgehead atoms. The molecule has 2 aromatic carbocycles. The number of hydrogen-bond acceptors (Lipinski definition) is 6. The summed E-state index contributed by atoms with van der Waals surface area (Å²) < 4.78 is 49.2. The summed E-state index contributed by atoms with van der Waals surface area (Å²) in [6.07, 6.45) is 2.86. The summed E-state index contributed by atoms with van der Waals surface area (Å²) in [5, 5.41) is 18.1. The van der Waals surface area contributed by atoms with Gasteiger partial charge in [-0.05, 0) is 62.1 Å². The zero-order chi connectivity index (χ0) is 23.4. The summed E-state index contributed by atoms with van der Waals surface area (Å²) in [4.78, 5) is 0.229. The first-order valence-electron chi connectivity index (χ1n) is 10.9. The van der Waals surface area contributed by atoms with Gasteiger partial charge in [-0.3, -0.25) is 4.68 Å². The topological polar surface area (TPSA) is 106 Å². The van der Waals surface area contributed by atoms with Crippen LogP contribution < -0.4 is 4.72 Å². The molecular weight excluding hydrogens is 447 g/mol. The maximum Gasteiger partial charge on any atom is 0.241 e. The van der Waals surface area contributed by atoms with Crippen molar-refractivity contribution in [1.82, 2.24) is 19.7 Å². The number of aliphatic hydroxyl groups excluding tert-OH is 1. The number of ether oxygens (including phenoxy) is 1. The lowest BCUT2D eigenvalue weighted by molar-refractivity contribution is -0.0891. The van der Waals surface area contributed by atoms with Gasteiger partial charge in [0.2, 0.25) is 10.0 Å². The molecule has 1 fully saturated rings. The summed E-state index contributed by atoms with van der Waals surface area (Å²) in [5.74, 6) is -0.307. The monoisotopic (exact) mass is 474 g/mol. The third kappa shape index (κ3) is 5.64. The fraction of sp³-hybridized carbons (Fsp3) is 0.391. The van der Waals surface area contributed by atoms with Crippen molar-refractivity contribution < 1.29 is 22.7 Å². The number of hydrogen-bond donors (Lipinski definition) is 2. The van der Waals surface area contributed by atoms with Crippen LogP contribution in [0.3, 0.4) is 0 Å². The normalized spacial score (nSPS) is 21.2. The van der Waals surface area contributed by atoms with E-state index < -0.39 is 22.2 Å². The summed E-state index contributed by atoms with van der Waals surface area (Å²) in [7, 11) is -3.72. The number of halogens is 1. The van der Waals surface area contributed by atoms with E-state index in [-0.39, 0.29) is 23.4 Å². The molecule has 0 aliphatic carbocycles. The first kappa shape index (κ1) is 23.5. The number of aryl methyl sites for hydroxylation is 2. The third-order valence-corrected chi connectivity index (χ3v) is 7.49. The van der Waals surface area contributed by atoms with E-state index in [9.17, 15) is 17.9 Å². The third-order valence-electron chi connectivity index (χ3n) is 5.84. The smallest absolute Gasteiger partial charge is 0.241 e. The molecule has 2 heterocycles. The molecule has 10 heteroatoms. The van der Waals surface area contributed by atoms with Crippen LogP contribution in [0, 0.1) is 12.7 Å². The molecule has 0 unspecified atom stereocenters. The molecule has 2 N–H and O–H groups in total. The Morgan fingerprint density at radius 3 is 2.67 bits per heavy atom. The van der Waals surface area contributed by atoms with Crippen LogP contribution in [-0.4, -0.2) is 53.4 Å². The highest BCUT2D eigenvalue weighted by atomic mass is 32.2. The van der Waals surface area contributed by atoms with Gasteiger partial charge in [-0.15, -0.1) is 5.10 Å². The minimum Gasteiger partial charge on any atom is -0.394 e. The predicted octanol–water partition coefficient (Wildman–Crippen LogP) is 2.67. The summed E-state index contributed by atoms with van der Waals surface area (Å²) in [6.45, 7) is 2.02. The summed E-state index contributed by atoms with van der Waals surface area (Å²) >= 11 is 0. The number of aromatic nitrogens is 3. The number of aliphatic hydroxyl groups is 1. The van der Waals surface area contributed by atoms with Gasteiger partial charge in [-0.1, -0.05) is 23.4 Å². The number of nitrogens with zero attached hydrogens (tertiary/aromatic N) is 3. The molecule has 8 nitrogen and oxygen atoms in total. The van der Waals surface area contributed by atoms with Crippen LogP contribution in [-0.2, 0) is 21.3 Å². The van der Waals surface area contributed by atoms with E-state index in [4.69, 9.17) is 4.74 Å². The van der Waals surface area contributed by atoms with E-state index >= 15 is 0 Å². The second-order valence-corrected chi connectivity index (χ2v) is 9.89. The molecule has 3 atom stereocenters. The van der Waals surface area contributed by atoms with Crippen molar-refractivity contribution in [2.24, 2.45) is 0 Å². The maximum absolute atomic E-state index is 13.1. The lowest BCUT2D eigenvalue weighted by Crippen LogP contribution is -2.51. The van der Waals surface area contributed by atoms with Gasteiger partial charge in [-0.2, -0.15) is 0 Å². The van der Waals surface area contributed by atoms with Gasteiger partial charge in [0.1, 0.15) is 11.5 Å². The molecule has 4 rings (SSSR count). The molecule has 0 amide bonds. The molecule has 0 spiro atoms. The van der Waals surface area contributed by atoms with Crippen LogP contribution in [0.4, 0.5) is 4.39 Å². The SMILES string of the molecule is Cc1ccccc1S(=O)(=O)N[C@H]1CC[C@@H](CCn2cc(-c3ccc(F)cc3)nn2)O[C@@H]1CO. The Kier molecular flexibility index (Phi) is 7.18. The van der Waals surface area contributed by atoms with Crippen molar-refractivity contribution in [2.75, 3.05) is 6.61 Å². The Hall–Kier alpha value is -2.66. The average molecular weight is 475 g/mol. The minimum absolute atomic E-state index is 0.139. The van der Waals surface area contributed by atoms with Gasteiger partial charge in [0.15, 0.2) is 0 Å². The molecular formula is C23H27FN4O4S. The van der Waals surface area contributed by atoms with Crippen LogP contribution in [0.2, 0.25) is 0 Å². The standard InChI is InChI=1S/C23H27FN4O4S/c1-16-4-2-3-5-23(16)33(30,31)26-20-11-10-19(32-22(20)15-29)12-13-28-14-21(25-27-28)17-6-8-18(24)9-7-17/h2-9,14,19-20,22,26,29H,10-13,15H2,1H3/t19-,20-,22+/m0/s1. The van der Waals surface area contributed by atoms with E-state index in [0.717, 1.165) is 5.56 Å². The number of sulfonamides is 1. The van der Waals surface area contributed by atoms with Crippen molar-refractivity contribution in [3.63, 3.8) is 0 Å². The van der Waals surface area contributed by atoms with Gasteiger partial charge in [0.05, 0.1) is 35.9 Å². The molecule has 33 heavy (non-hydrogen) atoms. The second kappa shape index (κ2) is 10.1. The molecule has 1 aromatic heterocycles. The van der Waals surface area contributed by atoms with E-state index in [0.29, 0.717) is 37.1 Å². The average Bonchev–Trinajstić information content (AvgIpc) is 3.28. The highest BCUT2D eigenvalue weighted by molar-refractivity contribution is 7.89. The molecule has 1 aliphatic rings. The van der Waals surface area contributed by atoms with Crippen LogP contribution in [0.1, 0.15) is 24.8 Å². The van der Waals surface area contributed by atoms with Crippen LogP contribution in [0.15, 0.2) is 59.6 Å². The Morgan fingerprint density at radius 1 is 1.18 bits per heavy atom. The first-order valence-corrected chi connectivity index (χ1v) is 12.3. The van der Waals surface area contributed by atoms with Crippen LogP contribution >= 0.6 is 0 Å². The first-order chi connectivity index (χ1) is 15.9. The summed E-state index contributed by atoms with van der Waals surface area (Å²) in [5.41, 5.74) is 2.09. The van der Waals surface area contributed by atoms with Crippen molar-refractivity contribution in [3.05, 3.63) is 66.1 Å². The Labute approximate surface area is 192 Å². The fourth-order valence-corrected chi connectivity index (χ4v) is 5.58. The second-order valence-electron chi connectivity index (χ2n) is 8.21. The van der Waals surface area contributed by atoms with E-state index in [1.807, 2.05) is 0 Å². The Balaban J connectivity index is 1.34. The largest absolute Gasteiger partial charge is 0.394 e. The molecule has 0 saturated carbocycles. The highest BCUT2D eigenvalue weighted by Gasteiger charge is 2.34. The summed E-state index contributed by atoms with van der Waals surface area (Å²) in [6, 6.07) is 12.3. The number of benzene rings is 2. The Bertz CT molecular complexity index is 1180. The zero-order valence-electron chi connectivity index (χ0n) is 18.3. The number of nitrogens with one attached hydrogen (secondary N) is 1.